The van der Waals surface area contributed by atoms with Crippen LogP contribution in [0.15, 0.2) is 18.2 Å². The van der Waals surface area contributed by atoms with Crippen LogP contribution in [0, 0.1) is 0 Å². The quantitative estimate of drug-likeness (QED) is 0.924. The van der Waals surface area contributed by atoms with Gasteiger partial charge < -0.3 is 5.73 Å². The lowest BCUT2D eigenvalue weighted by Gasteiger charge is -2.22. The Kier molecular flexibility index (Phi) is 4.74. The molecule has 1 fully saturated rings. The van der Waals surface area contributed by atoms with Crippen LogP contribution in [0.4, 0.5) is 0 Å². The normalized spacial score (nSPS) is 20.9. The van der Waals surface area contributed by atoms with Gasteiger partial charge in [0.15, 0.2) is 0 Å². The highest BCUT2D eigenvalue weighted by atomic mass is 35.5. The van der Waals surface area contributed by atoms with E-state index in [0.717, 1.165) is 12.8 Å². The Morgan fingerprint density at radius 3 is 2.47 bits per heavy atom. The molecule has 1 aliphatic rings. The minimum absolute atomic E-state index is 0.0837. The third-order valence-corrected chi connectivity index (χ3v) is 5.55. The fraction of sp³-hybridized carbons (Fsp3) is 0.500. The van der Waals surface area contributed by atoms with E-state index < -0.39 is 10.0 Å². The van der Waals surface area contributed by atoms with Crippen LogP contribution in [0.5, 0.6) is 0 Å². The van der Waals surface area contributed by atoms with Gasteiger partial charge in [-0.25, -0.2) is 8.42 Å². The first kappa shape index (κ1) is 15.1. The summed E-state index contributed by atoms with van der Waals surface area (Å²) in [5.74, 6) is -0.0935. The summed E-state index contributed by atoms with van der Waals surface area (Å²) < 4.78 is 26.3. The number of nitrogens with two attached hydrogens (primary N) is 1. The SMILES string of the molecule is NCC1CCCN1S(=O)(=O)Cc1cc(Cl)cc(Cl)c1. The molecule has 1 atom stereocenters. The second kappa shape index (κ2) is 5.97. The molecule has 106 valence electrons. The highest BCUT2D eigenvalue weighted by Gasteiger charge is 2.33. The molecule has 0 aliphatic carbocycles. The van der Waals surface area contributed by atoms with Crippen LogP contribution >= 0.6 is 23.2 Å². The molecular weight excluding hydrogens is 307 g/mol. The third kappa shape index (κ3) is 3.61. The molecule has 0 saturated carbocycles. The van der Waals surface area contributed by atoms with Crippen molar-refractivity contribution in [3.8, 4) is 0 Å². The van der Waals surface area contributed by atoms with E-state index in [-0.39, 0.29) is 11.8 Å². The second-order valence-corrected chi connectivity index (χ2v) is 7.47. The lowest BCUT2D eigenvalue weighted by atomic mass is 10.2. The van der Waals surface area contributed by atoms with Crippen LogP contribution in [0.2, 0.25) is 10.0 Å². The largest absolute Gasteiger partial charge is 0.329 e. The molecule has 1 aromatic rings. The van der Waals surface area contributed by atoms with Crippen molar-refractivity contribution in [2.24, 2.45) is 5.73 Å². The number of hydrogen-bond donors (Lipinski definition) is 1. The van der Waals surface area contributed by atoms with E-state index in [9.17, 15) is 8.42 Å². The number of hydrogen-bond acceptors (Lipinski definition) is 3. The van der Waals surface area contributed by atoms with Gasteiger partial charge in [-0.1, -0.05) is 23.2 Å². The van der Waals surface area contributed by atoms with Gasteiger partial charge in [0.05, 0.1) is 5.75 Å². The number of rotatable bonds is 4. The first-order chi connectivity index (χ1) is 8.92. The van der Waals surface area contributed by atoms with Gasteiger partial charge in [-0.2, -0.15) is 4.31 Å². The Morgan fingerprint density at radius 2 is 1.89 bits per heavy atom. The molecule has 1 aromatic carbocycles. The molecule has 0 radical (unpaired) electrons. The van der Waals surface area contributed by atoms with E-state index in [0.29, 0.717) is 28.7 Å². The van der Waals surface area contributed by atoms with Crippen molar-refractivity contribution in [1.29, 1.82) is 0 Å². The second-order valence-electron chi connectivity index (χ2n) is 4.68. The predicted molar refractivity (Wildman–Crippen MR) is 77.9 cm³/mol. The maximum Gasteiger partial charge on any atom is 0.218 e. The summed E-state index contributed by atoms with van der Waals surface area (Å²) in [7, 11) is -3.37. The zero-order valence-electron chi connectivity index (χ0n) is 10.4. The van der Waals surface area contributed by atoms with Gasteiger partial charge in [0.25, 0.3) is 0 Å². The van der Waals surface area contributed by atoms with E-state index in [4.69, 9.17) is 28.9 Å². The van der Waals surface area contributed by atoms with E-state index in [1.54, 1.807) is 18.2 Å². The Morgan fingerprint density at radius 1 is 1.26 bits per heavy atom. The molecule has 0 bridgehead atoms. The lowest BCUT2D eigenvalue weighted by molar-refractivity contribution is 0.392. The molecule has 7 heteroatoms. The number of benzene rings is 1. The standard InChI is InChI=1S/C12H16Cl2N2O2S/c13-10-4-9(5-11(14)6-10)8-19(17,18)16-3-1-2-12(16)7-15/h4-6,12H,1-3,7-8,15H2. The maximum absolute atomic E-state index is 12.4. The minimum atomic E-state index is -3.37. The number of halogens is 2. The fourth-order valence-electron chi connectivity index (χ4n) is 2.40. The van der Waals surface area contributed by atoms with Crippen molar-refractivity contribution < 1.29 is 8.42 Å². The molecule has 1 unspecified atom stereocenters. The highest BCUT2D eigenvalue weighted by Crippen LogP contribution is 2.25. The van der Waals surface area contributed by atoms with E-state index in [1.807, 2.05) is 0 Å². The summed E-state index contributed by atoms with van der Waals surface area (Å²) >= 11 is 11.8. The molecule has 2 rings (SSSR count). The molecule has 1 aliphatic heterocycles. The lowest BCUT2D eigenvalue weighted by Crippen LogP contribution is -2.40. The van der Waals surface area contributed by atoms with E-state index >= 15 is 0 Å². The van der Waals surface area contributed by atoms with Gasteiger partial charge in [-0.3, -0.25) is 0 Å². The molecule has 1 heterocycles. The minimum Gasteiger partial charge on any atom is -0.329 e. The van der Waals surface area contributed by atoms with Crippen LogP contribution in [-0.2, 0) is 15.8 Å². The molecule has 4 nitrogen and oxygen atoms in total. The van der Waals surface area contributed by atoms with Crippen LogP contribution in [0.25, 0.3) is 0 Å². The molecule has 2 N–H and O–H groups in total. The first-order valence-corrected chi connectivity index (χ1v) is 8.43. The van der Waals surface area contributed by atoms with Crippen LogP contribution in [0.1, 0.15) is 18.4 Å². The van der Waals surface area contributed by atoms with Crippen LogP contribution in [-0.4, -0.2) is 31.9 Å². The van der Waals surface area contributed by atoms with Crippen molar-refractivity contribution in [3.63, 3.8) is 0 Å². The Hall–Kier alpha value is -0.330. The summed E-state index contributed by atoms with van der Waals surface area (Å²) in [6, 6.07) is 4.74. The van der Waals surface area contributed by atoms with Crippen molar-refractivity contribution in [1.82, 2.24) is 4.31 Å². The summed E-state index contributed by atoms with van der Waals surface area (Å²) in [5, 5.41) is 0.879. The smallest absolute Gasteiger partial charge is 0.218 e. The first-order valence-electron chi connectivity index (χ1n) is 6.07. The van der Waals surface area contributed by atoms with Gasteiger partial charge in [-0.05, 0) is 36.6 Å². The summed E-state index contributed by atoms with van der Waals surface area (Å²) in [6.07, 6.45) is 1.68. The Bertz CT molecular complexity index is 543. The monoisotopic (exact) mass is 322 g/mol. The average molecular weight is 323 g/mol. The van der Waals surface area contributed by atoms with Crippen molar-refractivity contribution in [2.75, 3.05) is 13.1 Å². The molecule has 0 spiro atoms. The van der Waals surface area contributed by atoms with Gasteiger partial charge in [-0.15, -0.1) is 0 Å². The molecule has 0 aromatic heterocycles. The van der Waals surface area contributed by atoms with Gasteiger partial charge >= 0.3 is 0 Å². The zero-order chi connectivity index (χ0) is 14.0. The zero-order valence-corrected chi connectivity index (χ0v) is 12.7. The number of sulfonamides is 1. The average Bonchev–Trinajstić information content (AvgIpc) is 2.75. The van der Waals surface area contributed by atoms with Crippen molar-refractivity contribution >= 4 is 33.2 Å². The predicted octanol–water partition coefficient (Wildman–Crippen LogP) is 2.25. The van der Waals surface area contributed by atoms with Crippen molar-refractivity contribution in [2.45, 2.75) is 24.6 Å². The summed E-state index contributed by atoms with van der Waals surface area (Å²) in [5.41, 5.74) is 6.21. The molecule has 0 amide bonds. The topological polar surface area (TPSA) is 63.4 Å². The van der Waals surface area contributed by atoms with E-state index in [1.165, 1.54) is 4.31 Å². The molecule has 1 saturated heterocycles. The highest BCUT2D eigenvalue weighted by molar-refractivity contribution is 7.88. The maximum atomic E-state index is 12.4. The van der Waals surface area contributed by atoms with Crippen LogP contribution in [0.3, 0.4) is 0 Å². The summed E-state index contributed by atoms with van der Waals surface area (Å²) in [6.45, 7) is 0.897. The van der Waals surface area contributed by atoms with Gasteiger partial charge in [0.1, 0.15) is 0 Å². The van der Waals surface area contributed by atoms with Gasteiger partial charge in [0.2, 0.25) is 10.0 Å². The summed E-state index contributed by atoms with van der Waals surface area (Å²) in [4.78, 5) is 0. The van der Waals surface area contributed by atoms with Gasteiger partial charge in [0, 0.05) is 29.2 Å². The van der Waals surface area contributed by atoms with Crippen molar-refractivity contribution in [3.05, 3.63) is 33.8 Å². The Balaban J connectivity index is 2.21. The molecular formula is C12H16Cl2N2O2S. The van der Waals surface area contributed by atoms with Crippen LogP contribution < -0.4 is 5.73 Å². The van der Waals surface area contributed by atoms with E-state index in [2.05, 4.69) is 0 Å². The fourth-order valence-corrected chi connectivity index (χ4v) is 4.78. The molecule has 19 heavy (non-hydrogen) atoms. The Labute approximate surface area is 123 Å². The third-order valence-electron chi connectivity index (χ3n) is 3.22. The number of nitrogens with zero attached hydrogens (tertiary/aromatic N) is 1.